The average molecular weight is 245 g/mol. The molecule has 18 heavy (non-hydrogen) atoms. The second-order valence-electron chi connectivity index (χ2n) is 4.65. The van der Waals surface area contributed by atoms with E-state index in [1.165, 1.54) is 23.7 Å². The van der Waals surface area contributed by atoms with Gasteiger partial charge in [-0.15, -0.1) is 0 Å². The molecule has 3 nitrogen and oxygen atoms in total. The van der Waals surface area contributed by atoms with E-state index in [9.17, 15) is 4.79 Å². The molecule has 0 spiro atoms. The van der Waals surface area contributed by atoms with Gasteiger partial charge < -0.3 is 10.0 Å². The molecule has 1 aromatic carbocycles. The zero-order valence-corrected chi connectivity index (χ0v) is 10.7. The summed E-state index contributed by atoms with van der Waals surface area (Å²) in [6.07, 6.45) is 6.26. The predicted octanol–water partition coefficient (Wildman–Crippen LogP) is 2.95. The fourth-order valence-electron chi connectivity index (χ4n) is 2.47. The van der Waals surface area contributed by atoms with E-state index in [-0.39, 0.29) is 0 Å². The minimum atomic E-state index is -0.902. The van der Waals surface area contributed by atoms with Gasteiger partial charge in [-0.1, -0.05) is 13.0 Å². The Balaban J connectivity index is 2.23. The number of carbonyl (C=O) groups is 1. The molecule has 1 heterocycles. The first-order chi connectivity index (χ1) is 8.70. The van der Waals surface area contributed by atoms with Crippen LogP contribution < -0.4 is 4.90 Å². The van der Waals surface area contributed by atoms with Crippen LogP contribution >= 0.6 is 0 Å². The van der Waals surface area contributed by atoms with Crippen molar-refractivity contribution >= 4 is 17.7 Å². The summed E-state index contributed by atoms with van der Waals surface area (Å²) in [5, 5.41) is 8.63. The highest BCUT2D eigenvalue weighted by Crippen LogP contribution is 2.28. The Morgan fingerprint density at radius 3 is 3.06 bits per heavy atom. The first kappa shape index (κ1) is 12.7. The van der Waals surface area contributed by atoms with Crippen LogP contribution in [0.5, 0.6) is 0 Å². The Hall–Kier alpha value is -1.77. The molecule has 0 atom stereocenters. The van der Waals surface area contributed by atoms with Gasteiger partial charge in [0.2, 0.25) is 0 Å². The van der Waals surface area contributed by atoms with Crippen molar-refractivity contribution in [2.24, 2.45) is 0 Å². The lowest BCUT2D eigenvalue weighted by Crippen LogP contribution is -2.29. The Bertz CT molecular complexity index is 466. The van der Waals surface area contributed by atoms with Crippen LogP contribution in [0.2, 0.25) is 0 Å². The minimum Gasteiger partial charge on any atom is -0.478 e. The summed E-state index contributed by atoms with van der Waals surface area (Å²) in [7, 11) is 0. The van der Waals surface area contributed by atoms with Gasteiger partial charge in [0, 0.05) is 24.9 Å². The second-order valence-corrected chi connectivity index (χ2v) is 4.65. The molecule has 0 unspecified atom stereocenters. The summed E-state index contributed by atoms with van der Waals surface area (Å²) < 4.78 is 0. The van der Waals surface area contributed by atoms with Crippen LogP contribution in [0.15, 0.2) is 24.3 Å². The van der Waals surface area contributed by atoms with Gasteiger partial charge in [-0.05, 0) is 48.6 Å². The van der Waals surface area contributed by atoms with E-state index in [1.54, 1.807) is 6.08 Å². The summed E-state index contributed by atoms with van der Waals surface area (Å²) in [6, 6.07) is 6.22. The minimum absolute atomic E-state index is 0.902. The Morgan fingerprint density at radius 2 is 2.33 bits per heavy atom. The van der Waals surface area contributed by atoms with Gasteiger partial charge in [-0.2, -0.15) is 0 Å². The molecule has 0 fully saturated rings. The topological polar surface area (TPSA) is 40.5 Å². The number of benzene rings is 1. The molecule has 0 radical (unpaired) electrons. The summed E-state index contributed by atoms with van der Waals surface area (Å²) in [4.78, 5) is 12.9. The Labute approximate surface area is 108 Å². The highest BCUT2D eigenvalue weighted by molar-refractivity contribution is 5.85. The fraction of sp³-hybridized carbons (Fsp3) is 0.400. The van der Waals surface area contributed by atoms with Crippen LogP contribution in [0, 0.1) is 0 Å². The standard InChI is InChI=1S/C15H19NO2/c1-2-9-16-10-3-4-13-11-12(5-7-14(13)16)6-8-15(17)18/h5-8,11H,2-4,9-10H2,1H3,(H,17,18)/b8-6+. The van der Waals surface area contributed by atoms with Crippen molar-refractivity contribution in [3.05, 3.63) is 35.4 Å². The maximum Gasteiger partial charge on any atom is 0.328 e. The molecule has 0 bridgehead atoms. The van der Waals surface area contributed by atoms with Gasteiger partial charge in [0.25, 0.3) is 0 Å². The van der Waals surface area contributed by atoms with Crippen molar-refractivity contribution in [2.75, 3.05) is 18.0 Å². The van der Waals surface area contributed by atoms with Crippen molar-refractivity contribution in [1.29, 1.82) is 0 Å². The molecule has 1 aliphatic rings. The van der Waals surface area contributed by atoms with Gasteiger partial charge in [-0.3, -0.25) is 0 Å². The molecule has 1 aliphatic heterocycles. The van der Waals surface area contributed by atoms with Crippen molar-refractivity contribution in [2.45, 2.75) is 26.2 Å². The molecule has 0 amide bonds. The Morgan fingerprint density at radius 1 is 1.50 bits per heavy atom. The maximum absolute atomic E-state index is 10.5. The van der Waals surface area contributed by atoms with Crippen LogP contribution in [0.1, 0.15) is 30.9 Å². The normalized spacial score (nSPS) is 14.8. The second kappa shape index (κ2) is 5.71. The van der Waals surface area contributed by atoms with Crippen LogP contribution in [0.25, 0.3) is 6.08 Å². The summed E-state index contributed by atoms with van der Waals surface area (Å²) in [6.45, 7) is 4.42. The smallest absolute Gasteiger partial charge is 0.328 e. The average Bonchev–Trinajstić information content (AvgIpc) is 2.37. The highest BCUT2D eigenvalue weighted by atomic mass is 16.4. The zero-order chi connectivity index (χ0) is 13.0. The van der Waals surface area contributed by atoms with Crippen molar-refractivity contribution in [3.8, 4) is 0 Å². The molecule has 3 heteroatoms. The number of aliphatic carboxylic acids is 1. The molecule has 0 aliphatic carbocycles. The quantitative estimate of drug-likeness (QED) is 0.829. The summed E-state index contributed by atoms with van der Waals surface area (Å²) in [5.74, 6) is -0.902. The molecular formula is C15H19NO2. The van der Waals surface area contributed by atoms with E-state index >= 15 is 0 Å². The van der Waals surface area contributed by atoms with E-state index in [0.29, 0.717) is 0 Å². The third kappa shape index (κ3) is 2.92. The highest BCUT2D eigenvalue weighted by Gasteiger charge is 2.15. The maximum atomic E-state index is 10.5. The van der Waals surface area contributed by atoms with E-state index in [0.717, 1.165) is 31.5 Å². The molecule has 0 aromatic heterocycles. The third-order valence-electron chi connectivity index (χ3n) is 3.23. The lowest BCUT2D eigenvalue weighted by Gasteiger charge is -2.31. The largest absolute Gasteiger partial charge is 0.478 e. The number of rotatable bonds is 4. The predicted molar refractivity (Wildman–Crippen MR) is 73.9 cm³/mol. The number of hydrogen-bond acceptors (Lipinski definition) is 2. The molecule has 2 rings (SSSR count). The monoisotopic (exact) mass is 245 g/mol. The van der Waals surface area contributed by atoms with Gasteiger partial charge in [0.15, 0.2) is 0 Å². The lowest BCUT2D eigenvalue weighted by atomic mass is 9.99. The number of hydrogen-bond donors (Lipinski definition) is 1. The van der Waals surface area contributed by atoms with E-state index in [4.69, 9.17) is 5.11 Å². The number of fused-ring (bicyclic) bond motifs is 1. The van der Waals surface area contributed by atoms with Gasteiger partial charge >= 0.3 is 5.97 Å². The van der Waals surface area contributed by atoms with Crippen LogP contribution in [0.3, 0.4) is 0 Å². The SMILES string of the molecule is CCCN1CCCc2cc(/C=C/C(=O)O)ccc21. The first-order valence-electron chi connectivity index (χ1n) is 6.49. The van der Waals surface area contributed by atoms with Gasteiger partial charge in [0.1, 0.15) is 0 Å². The van der Waals surface area contributed by atoms with E-state index < -0.39 is 5.97 Å². The molecule has 96 valence electrons. The molecule has 0 saturated heterocycles. The third-order valence-corrected chi connectivity index (χ3v) is 3.23. The number of carboxylic acid groups (broad SMARTS) is 1. The molecule has 1 aromatic rings. The summed E-state index contributed by atoms with van der Waals surface area (Å²) in [5.41, 5.74) is 3.62. The fourth-order valence-corrected chi connectivity index (χ4v) is 2.47. The van der Waals surface area contributed by atoms with Gasteiger partial charge in [0.05, 0.1) is 0 Å². The van der Waals surface area contributed by atoms with Crippen LogP contribution in [-0.4, -0.2) is 24.2 Å². The van der Waals surface area contributed by atoms with Crippen molar-refractivity contribution in [1.82, 2.24) is 0 Å². The Kier molecular flexibility index (Phi) is 4.03. The molecule has 1 N–H and O–H groups in total. The van der Waals surface area contributed by atoms with E-state index in [1.807, 2.05) is 6.07 Å². The number of nitrogens with zero attached hydrogens (tertiary/aromatic N) is 1. The molecular weight excluding hydrogens is 226 g/mol. The number of aryl methyl sites for hydroxylation is 1. The van der Waals surface area contributed by atoms with E-state index in [2.05, 4.69) is 24.0 Å². The zero-order valence-electron chi connectivity index (χ0n) is 10.7. The molecule has 0 saturated carbocycles. The van der Waals surface area contributed by atoms with Crippen LogP contribution in [0.4, 0.5) is 5.69 Å². The van der Waals surface area contributed by atoms with Crippen LogP contribution in [-0.2, 0) is 11.2 Å². The van der Waals surface area contributed by atoms with Crippen molar-refractivity contribution < 1.29 is 9.90 Å². The number of carboxylic acids is 1. The number of anilines is 1. The summed E-state index contributed by atoms with van der Waals surface area (Å²) >= 11 is 0. The van der Waals surface area contributed by atoms with Gasteiger partial charge in [-0.25, -0.2) is 4.79 Å². The lowest BCUT2D eigenvalue weighted by molar-refractivity contribution is -0.131. The van der Waals surface area contributed by atoms with Crippen molar-refractivity contribution in [3.63, 3.8) is 0 Å². The first-order valence-corrected chi connectivity index (χ1v) is 6.49.